The van der Waals surface area contributed by atoms with Crippen LogP contribution < -0.4 is 19.9 Å². The van der Waals surface area contributed by atoms with Gasteiger partial charge >= 0.3 is 12.1 Å². The molecule has 0 aliphatic heterocycles. The van der Waals surface area contributed by atoms with Crippen molar-refractivity contribution in [3.8, 4) is 28.4 Å². The van der Waals surface area contributed by atoms with E-state index in [0.29, 0.717) is 36.7 Å². The molecule has 0 radical (unpaired) electrons. The van der Waals surface area contributed by atoms with Crippen LogP contribution in [-0.4, -0.2) is 44.6 Å². The fraction of sp³-hybridized carbons (Fsp3) is 0.310. The number of methoxy groups -OCH3 is 2. The summed E-state index contributed by atoms with van der Waals surface area (Å²) in [7, 11) is 3.13. The van der Waals surface area contributed by atoms with Gasteiger partial charge in [0.1, 0.15) is 23.9 Å². The van der Waals surface area contributed by atoms with E-state index in [1.165, 1.54) is 0 Å². The van der Waals surface area contributed by atoms with Crippen molar-refractivity contribution in [1.29, 1.82) is 0 Å². The number of amides is 1. The number of ether oxygens (including phenoxy) is 4. The third kappa shape index (κ3) is 5.18. The molecule has 0 saturated heterocycles. The summed E-state index contributed by atoms with van der Waals surface area (Å²) in [6, 6.07) is 18.7. The highest BCUT2D eigenvalue weighted by atomic mass is 16.5. The lowest BCUT2D eigenvalue weighted by Crippen LogP contribution is -2.33. The van der Waals surface area contributed by atoms with E-state index >= 15 is 0 Å². The summed E-state index contributed by atoms with van der Waals surface area (Å²) in [5.74, 6) is 0.664. The van der Waals surface area contributed by atoms with Crippen molar-refractivity contribution in [2.24, 2.45) is 5.73 Å². The van der Waals surface area contributed by atoms with Gasteiger partial charge in [-0.3, -0.25) is 4.79 Å². The second-order valence-electron chi connectivity index (χ2n) is 9.18. The summed E-state index contributed by atoms with van der Waals surface area (Å²) in [5, 5.41) is 10.4. The van der Waals surface area contributed by atoms with Gasteiger partial charge in [0.15, 0.2) is 0 Å². The first-order valence-electron chi connectivity index (χ1n) is 12.0. The fourth-order valence-electron chi connectivity index (χ4n) is 5.00. The molecule has 37 heavy (non-hydrogen) atoms. The molecule has 1 aliphatic carbocycles. The van der Waals surface area contributed by atoms with Gasteiger partial charge in [0, 0.05) is 24.1 Å². The lowest BCUT2D eigenvalue weighted by Gasteiger charge is -2.28. The molecule has 3 aromatic rings. The number of nitrogens with two attached hydrogens (primary N) is 1. The molecule has 194 valence electrons. The lowest BCUT2D eigenvalue weighted by atomic mass is 9.75. The van der Waals surface area contributed by atoms with Crippen LogP contribution in [0.4, 0.5) is 4.79 Å². The van der Waals surface area contributed by atoms with E-state index in [2.05, 4.69) is 0 Å². The first kappa shape index (κ1) is 25.9. The van der Waals surface area contributed by atoms with Crippen LogP contribution >= 0.6 is 0 Å². The number of hydrogen-bond donors (Lipinski definition) is 2. The van der Waals surface area contributed by atoms with Crippen molar-refractivity contribution in [3.05, 3.63) is 77.4 Å². The van der Waals surface area contributed by atoms with Crippen molar-refractivity contribution in [1.82, 2.24) is 0 Å². The molecule has 3 N–H and O–H groups in total. The van der Waals surface area contributed by atoms with Crippen LogP contribution in [0, 0.1) is 0 Å². The average Bonchev–Trinajstić information content (AvgIpc) is 3.23. The Balaban J connectivity index is 1.60. The van der Waals surface area contributed by atoms with Gasteiger partial charge in [0.05, 0.1) is 26.2 Å². The van der Waals surface area contributed by atoms with Crippen molar-refractivity contribution in [3.63, 3.8) is 0 Å². The van der Waals surface area contributed by atoms with Gasteiger partial charge in [-0.05, 0) is 47.6 Å². The molecule has 8 nitrogen and oxygen atoms in total. The Morgan fingerprint density at radius 3 is 2.24 bits per heavy atom. The molecule has 0 fully saturated rings. The van der Waals surface area contributed by atoms with Gasteiger partial charge in [0.25, 0.3) is 0 Å². The van der Waals surface area contributed by atoms with Crippen LogP contribution in [0.25, 0.3) is 11.1 Å². The van der Waals surface area contributed by atoms with Crippen molar-refractivity contribution < 1.29 is 33.6 Å². The molecule has 0 bridgehead atoms. The van der Waals surface area contributed by atoms with E-state index in [1.54, 1.807) is 39.3 Å². The number of fused-ring (bicyclic) bond motifs is 3. The summed E-state index contributed by atoms with van der Waals surface area (Å²) < 4.78 is 21.6. The Labute approximate surface area is 215 Å². The zero-order chi connectivity index (χ0) is 26.6. The number of hydrogen-bond acceptors (Lipinski definition) is 6. The summed E-state index contributed by atoms with van der Waals surface area (Å²) in [6.45, 7) is 2.15. The van der Waals surface area contributed by atoms with Crippen LogP contribution in [-0.2, 0) is 14.9 Å². The number of primary amides is 1. The van der Waals surface area contributed by atoms with Crippen molar-refractivity contribution >= 4 is 12.1 Å². The molecular weight excluding hydrogens is 474 g/mol. The topological polar surface area (TPSA) is 117 Å². The molecule has 2 atom stereocenters. The average molecular weight is 506 g/mol. The Morgan fingerprint density at radius 2 is 1.59 bits per heavy atom. The van der Waals surface area contributed by atoms with E-state index in [0.717, 1.165) is 27.8 Å². The fourth-order valence-corrected chi connectivity index (χ4v) is 5.00. The summed E-state index contributed by atoms with van der Waals surface area (Å²) >= 11 is 0. The number of aliphatic carboxylic acids is 1. The van der Waals surface area contributed by atoms with Crippen LogP contribution in [0.3, 0.4) is 0 Å². The molecule has 2 unspecified atom stereocenters. The third-order valence-electron chi connectivity index (χ3n) is 6.95. The minimum Gasteiger partial charge on any atom is -0.496 e. The molecule has 1 aliphatic rings. The predicted octanol–water partition coefficient (Wildman–Crippen LogP) is 5.11. The maximum absolute atomic E-state index is 12.7. The third-order valence-corrected chi connectivity index (χ3v) is 6.95. The number of carboxylic acid groups (broad SMARTS) is 1. The highest BCUT2D eigenvalue weighted by Gasteiger charge is 2.41. The van der Waals surface area contributed by atoms with Gasteiger partial charge in [-0.15, -0.1) is 0 Å². The maximum atomic E-state index is 12.7. The first-order valence-corrected chi connectivity index (χ1v) is 12.0. The summed E-state index contributed by atoms with van der Waals surface area (Å²) in [4.78, 5) is 24.0. The lowest BCUT2D eigenvalue weighted by molar-refractivity contribution is -0.143. The van der Waals surface area contributed by atoms with Gasteiger partial charge in [0.2, 0.25) is 0 Å². The van der Waals surface area contributed by atoms with Gasteiger partial charge in [-0.1, -0.05) is 42.5 Å². The monoisotopic (exact) mass is 505 g/mol. The zero-order valence-electron chi connectivity index (χ0n) is 21.2. The van der Waals surface area contributed by atoms with E-state index in [-0.39, 0.29) is 12.5 Å². The highest BCUT2D eigenvalue weighted by molar-refractivity contribution is 5.89. The molecule has 0 aromatic heterocycles. The van der Waals surface area contributed by atoms with E-state index in [9.17, 15) is 14.7 Å². The van der Waals surface area contributed by atoms with Gasteiger partial charge in [-0.2, -0.15) is 0 Å². The SMILES string of the molecule is COc1cc(OC)cc(OCCCC(C)(C(=O)O)c2cccc3c2-c2ccccc2C3COC(N)=O)c1. The minimum atomic E-state index is -1.17. The number of benzene rings is 3. The number of rotatable bonds is 11. The molecule has 0 spiro atoms. The largest absolute Gasteiger partial charge is 0.496 e. The highest BCUT2D eigenvalue weighted by Crippen LogP contribution is 2.49. The van der Waals surface area contributed by atoms with E-state index in [1.807, 2.05) is 42.5 Å². The first-order chi connectivity index (χ1) is 17.8. The van der Waals surface area contributed by atoms with Crippen molar-refractivity contribution in [2.75, 3.05) is 27.4 Å². The van der Waals surface area contributed by atoms with E-state index < -0.39 is 17.5 Å². The zero-order valence-corrected chi connectivity index (χ0v) is 21.2. The van der Waals surface area contributed by atoms with Crippen LogP contribution in [0.1, 0.15) is 42.4 Å². The van der Waals surface area contributed by atoms with E-state index in [4.69, 9.17) is 24.7 Å². The second-order valence-corrected chi connectivity index (χ2v) is 9.18. The van der Waals surface area contributed by atoms with Crippen LogP contribution in [0.2, 0.25) is 0 Å². The normalized spacial score (nSPS) is 15.2. The van der Waals surface area contributed by atoms with Crippen LogP contribution in [0.15, 0.2) is 60.7 Å². The Bertz CT molecular complexity index is 1280. The molecule has 0 heterocycles. The Morgan fingerprint density at radius 1 is 0.946 bits per heavy atom. The molecule has 1 amide bonds. The van der Waals surface area contributed by atoms with Crippen LogP contribution in [0.5, 0.6) is 17.2 Å². The number of carbonyl (C=O) groups is 2. The Hall–Kier alpha value is -4.20. The summed E-state index contributed by atoms with van der Waals surface area (Å²) in [5.41, 5.74) is 8.49. The number of carbonyl (C=O) groups excluding carboxylic acids is 1. The second kappa shape index (κ2) is 10.8. The maximum Gasteiger partial charge on any atom is 0.404 e. The molecule has 4 rings (SSSR count). The minimum absolute atomic E-state index is 0.0877. The molecule has 3 aromatic carbocycles. The van der Waals surface area contributed by atoms with Gasteiger partial charge < -0.3 is 29.8 Å². The Kier molecular flexibility index (Phi) is 7.57. The standard InChI is InChI=1S/C29H31NO7/c1-29(27(31)32,12-7-13-36-20-15-18(34-2)14-19(16-20)35-3)25-11-6-10-23-24(17-37-28(30)33)21-8-4-5-9-22(21)26(23)25/h4-6,8-11,14-16,24H,7,12-13,17H2,1-3H3,(H2,30,33)(H,31,32). The molecule has 0 saturated carbocycles. The molecule has 8 heteroatoms. The quantitative estimate of drug-likeness (QED) is 0.348. The summed E-state index contributed by atoms with van der Waals surface area (Å²) in [6.07, 6.45) is 0.0120. The predicted molar refractivity (Wildman–Crippen MR) is 139 cm³/mol. The molecular formula is C29H31NO7. The van der Waals surface area contributed by atoms with Crippen molar-refractivity contribution in [2.45, 2.75) is 31.1 Å². The van der Waals surface area contributed by atoms with Gasteiger partial charge in [-0.25, -0.2) is 4.79 Å². The number of carboxylic acids is 1. The smallest absolute Gasteiger partial charge is 0.404 e.